The number of carbonyl (C=O) groups excluding carboxylic acids is 2. The molecule has 0 unspecified atom stereocenters. The molecule has 7 nitrogen and oxygen atoms in total. The summed E-state index contributed by atoms with van der Waals surface area (Å²) in [6.07, 6.45) is 3.99. The van der Waals surface area contributed by atoms with Gasteiger partial charge in [0.2, 0.25) is 0 Å². The van der Waals surface area contributed by atoms with Crippen molar-refractivity contribution in [2.24, 2.45) is 0 Å². The number of benzene rings is 4. The van der Waals surface area contributed by atoms with Gasteiger partial charge in [-0.15, -0.1) is 0 Å². The fourth-order valence-electron chi connectivity index (χ4n) is 5.15. The van der Waals surface area contributed by atoms with Gasteiger partial charge in [-0.3, -0.25) is 4.79 Å². The zero-order valence-electron chi connectivity index (χ0n) is 24.2. The van der Waals surface area contributed by atoms with Crippen LogP contribution < -0.4 is 19.3 Å². The Bertz CT molecular complexity index is 1590. The fraction of sp³-hybridized carbons (Fsp3) is 0.235. The van der Waals surface area contributed by atoms with Crippen LogP contribution in [0.2, 0.25) is 0 Å². The van der Waals surface area contributed by atoms with Crippen molar-refractivity contribution in [3.8, 4) is 11.5 Å². The van der Waals surface area contributed by atoms with Gasteiger partial charge in [0.25, 0.3) is 0 Å². The van der Waals surface area contributed by atoms with Crippen molar-refractivity contribution >= 4 is 40.2 Å². The summed E-state index contributed by atoms with van der Waals surface area (Å²) in [5.74, 6) is -0.382. The Morgan fingerprint density at radius 1 is 0.805 bits per heavy atom. The molecule has 7 heteroatoms. The number of ether oxygens (including phenoxy) is 3. The molecule has 0 atom stereocenters. The van der Waals surface area contributed by atoms with E-state index in [1.54, 1.807) is 6.92 Å². The lowest BCUT2D eigenvalue weighted by Gasteiger charge is -2.37. The first-order valence-corrected chi connectivity index (χ1v) is 13.5. The van der Waals surface area contributed by atoms with Crippen LogP contribution >= 0.6 is 0 Å². The highest BCUT2D eigenvalue weighted by Crippen LogP contribution is 2.50. The van der Waals surface area contributed by atoms with E-state index in [1.165, 1.54) is 7.11 Å². The Hall–Kier alpha value is -4.78. The maximum atomic E-state index is 13.2. The molecule has 210 valence electrons. The number of esters is 2. The highest BCUT2D eigenvalue weighted by Gasteiger charge is 2.40. The van der Waals surface area contributed by atoms with E-state index in [-0.39, 0.29) is 17.7 Å². The van der Waals surface area contributed by atoms with E-state index >= 15 is 0 Å². The van der Waals surface area contributed by atoms with Crippen LogP contribution in [0.3, 0.4) is 0 Å². The van der Waals surface area contributed by atoms with Crippen molar-refractivity contribution in [3.05, 3.63) is 101 Å². The molecule has 0 N–H and O–H groups in total. The number of carbonyl (C=O) groups is 2. The molecule has 1 aliphatic rings. The highest BCUT2D eigenvalue weighted by atomic mass is 16.5. The average Bonchev–Trinajstić information content (AvgIpc) is 3.00. The summed E-state index contributed by atoms with van der Waals surface area (Å²) in [6, 6.07) is 23.9. The third-order valence-electron chi connectivity index (χ3n) is 7.42. The molecule has 4 aromatic carbocycles. The van der Waals surface area contributed by atoms with E-state index in [9.17, 15) is 9.59 Å². The first-order valence-electron chi connectivity index (χ1n) is 13.5. The Morgan fingerprint density at radius 2 is 1.34 bits per heavy atom. The summed E-state index contributed by atoms with van der Waals surface area (Å²) < 4.78 is 18.0. The van der Waals surface area contributed by atoms with Crippen molar-refractivity contribution in [2.75, 3.05) is 45.1 Å². The van der Waals surface area contributed by atoms with Crippen molar-refractivity contribution in [3.63, 3.8) is 0 Å². The predicted molar refractivity (Wildman–Crippen MR) is 163 cm³/mol. The molecule has 5 rings (SSSR count). The molecule has 0 amide bonds. The molecule has 41 heavy (non-hydrogen) atoms. The largest absolute Gasteiger partial charge is 0.472 e. The lowest BCUT2D eigenvalue weighted by Crippen LogP contribution is -2.35. The van der Waals surface area contributed by atoms with Gasteiger partial charge in [-0.05, 0) is 36.4 Å². The van der Waals surface area contributed by atoms with Gasteiger partial charge < -0.3 is 24.0 Å². The molecule has 0 fully saturated rings. The van der Waals surface area contributed by atoms with Crippen LogP contribution in [0.15, 0.2) is 78.9 Å². The van der Waals surface area contributed by atoms with Gasteiger partial charge in [-0.2, -0.15) is 0 Å². The molecule has 0 saturated heterocycles. The van der Waals surface area contributed by atoms with Crippen LogP contribution in [0, 0.1) is 0 Å². The standard InChI is InChI=1S/C34H34N2O5/c1-7-29(37)40-32-27-11-9-8-10-26(27)31-28(30(32)33(38)39-6)20-21-34(41-31,22-12-16-24(17-13-22)35(2)3)23-14-18-25(19-15-23)36(4)5/h8-21H,7H2,1-6H3. The van der Waals surface area contributed by atoms with Crippen LogP contribution in [-0.4, -0.2) is 47.2 Å². The third kappa shape index (κ3) is 4.88. The molecule has 0 aromatic heterocycles. The van der Waals surface area contributed by atoms with Gasteiger partial charge >= 0.3 is 11.9 Å². The topological polar surface area (TPSA) is 68.3 Å². The van der Waals surface area contributed by atoms with Crippen LogP contribution in [0.25, 0.3) is 16.8 Å². The average molecular weight is 551 g/mol. The Balaban J connectivity index is 1.80. The van der Waals surface area contributed by atoms with Gasteiger partial charge in [-0.25, -0.2) is 4.79 Å². The molecule has 0 spiro atoms. The summed E-state index contributed by atoms with van der Waals surface area (Å²) >= 11 is 0. The summed E-state index contributed by atoms with van der Waals surface area (Å²) in [6.45, 7) is 1.71. The number of rotatable bonds is 7. The second-order valence-corrected chi connectivity index (χ2v) is 10.4. The molecule has 0 radical (unpaired) electrons. The predicted octanol–water partition coefficient (Wildman–Crippen LogP) is 6.42. The van der Waals surface area contributed by atoms with E-state index in [4.69, 9.17) is 14.2 Å². The maximum absolute atomic E-state index is 13.2. The van der Waals surface area contributed by atoms with Crippen molar-refractivity contribution in [1.29, 1.82) is 0 Å². The molecule has 1 heterocycles. The van der Waals surface area contributed by atoms with Gasteiger partial charge in [-0.1, -0.05) is 55.5 Å². The summed E-state index contributed by atoms with van der Waals surface area (Å²) in [4.78, 5) is 29.8. The first-order chi connectivity index (χ1) is 19.7. The SMILES string of the molecule is CCC(=O)Oc1c(C(=O)OC)c2c(c3ccccc13)OC(c1ccc(N(C)C)cc1)(c1ccc(N(C)C)cc1)C=C2. The second kappa shape index (κ2) is 11.0. The van der Waals surface area contributed by atoms with Crippen molar-refractivity contribution in [1.82, 2.24) is 0 Å². The molecular weight excluding hydrogens is 516 g/mol. The minimum absolute atomic E-state index is 0.152. The quantitative estimate of drug-likeness (QED) is 0.194. The highest BCUT2D eigenvalue weighted by molar-refractivity contribution is 6.09. The van der Waals surface area contributed by atoms with E-state index in [0.29, 0.717) is 16.7 Å². The van der Waals surface area contributed by atoms with Crippen LogP contribution in [-0.2, 0) is 15.1 Å². The third-order valence-corrected chi connectivity index (χ3v) is 7.42. The van der Waals surface area contributed by atoms with Crippen LogP contribution in [0.5, 0.6) is 11.5 Å². The maximum Gasteiger partial charge on any atom is 0.342 e. The number of anilines is 2. The van der Waals surface area contributed by atoms with E-state index < -0.39 is 17.5 Å². The van der Waals surface area contributed by atoms with E-state index in [1.807, 2.05) is 74.4 Å². The normalized spacial score (nSPS) is 13.2. The van der Waals surface area contributed by atoms with Gasteiger partial charge in [0.1, 0.15) is 11.3 Å². The number of nitrogens with zero attached hydrogens (tertiary/aromatic N) is 2. The zero-order valence-corrected chi connectivity index (χ0v) is 24.2. The Labute approximate surface area is 240 Å². The second-order valence-electron chi connectivity index (χ2n) is 10.4. The summed E-state index contributed by atoms with van der Waals surface area (Å²) in [7, 11) is 9.32. The van der Waals surface area contributed by atoms with Crippen LogP contribution in [0.1, 0.15) is 40.4 Å². The van der Waals surface area contributed by atoms with Gasteiger partial charge in [0.15, 0.2) is 11.4 Å². The monoisotopic (exact) mass is 550 g/mol. The fourth-order valence-corrected chi connectivity index (χ4v) is 5.15. The lowest BCUT2D eigenvalue weighted by molar-refractivity contribution is -0.133. The number of hydrogen-bond acceptors (Lipinski definition) is 7. The molecule has 4 aromatic rings. The number of fused-ring (bicyclic) bond motifs is 3. The Morgan fingerprint density at radius 3 is 1.83 bits per heavy atom. The number of hydrogen-bond donors (Lipinski definition) is 0. The first kappa shape index (κ1) is 27.8. The minimum atomic E-state index is -1.000. The molecule has 0 saturated carbocycles. The zero-order chi connectivity index (χ0) is 29.3. The summed E-state index contributed by atoms with van der Waals surface area (Å²) in [5.41, 5.74) is 3.63. The van der Waals surface area contributed by atoms with Crippen molar-refractivity contribution < 1.29 is 23.8 Å². The molecule has 0 aliphatic carbocycles. The van der Waals surface area contributed by atoms with E-state index in [2.05, 4.69) is 48.5 Å². The molecule has 1 aliphatic heterocycles. The molecule has 0 bridgehead atoms. The summed E-state index contributed by atoms with van der Waals surface area (Å²) in [5, 5.41) is 1.31. The minimum Gasteiger partial charge on any atom is -0.472 e. The molecular formula is C34H34N2O5. The number of methoxy groups -OCH3 is 1. The van der Waals surface area contributed by atoms with Gasteiger partial charge in [0, 0.05) is 73.4 Å². The smallest absolute Gasteiger partial charge is 0.342 e. The Kier molecular flexibility index (Phi) is 7.45. The van der Waals surface area contributed by atoms with Crippen LogP contribution in [0.4, 0.5) is 11.4 Å². The van der Waals surface area contributed by atoms with Gasteiger partial charge in [0.05, 0.1) is 7.11 Å². The lowest BCUT2D eigenvalue weighted by atomic mass is 9.82. The van der Waals surface area contributed by atoms with E-state index in [0.717, 1.165) is 27.9 Å². The van der Waals surface area contributed by atoms with Crippen molar-refractivity contribution in [2.45, 2.75) is 18.9 Å².